The van der Waals surface area contributed by atoms with Crippen LogP contribution in [0.1, 0.15) is 65.7 Å². The van der Waals surface area contributed by atoms with Crippen LogP contribution in [0, 0.1) is 5.92 Å². The number of aliphatic carboxylic acids is 2. The number of allylic oxidation sites excluding steroid dienone is 1. The van der Waals surface area contributed by atoms with E-state index in [1.54, 1.807) is 0 Å². The minimum atomic E-state index is -1.08. The molecule has 0 aliphatic carbocycles. The van der Waals surface area contributed by atoms with E-state index >= 15 is 0 Å². The minimum absolute atomic E-state index is 0.106. The first-order chi connectivity index (χ1) is 8.99. The normalized spacial score (nSPS) is 11.9. The van der Waals surface area contributed by atoms with Gasteiger partial charge in [-0.15, -0.1) is 0 Å². The van der Waals surface area contributed by atoms with Gasteiger partial charge in [0.25, 0.3) is 0 Å². The number of carboxylic acids is 2. The van der Waals surface area contributed by atoms with E-state index in [9.17, 15) is 19.8 Å². The third kappa shape index (κ3) is 5.90. The summed E-state index contributed by atoms with van der Waals surface area (Å²) in [7, 11) is 0. The Labute approximate surface area is 115 Å². The van der Waals surface area contributed by atoms with Crippen molar-refractivity contribution in [3.05, 3.63) is 11.1 Å². The van der Waals surface area contributed by atoms with E-state index in [1.807, 2.05) is 13.8 Å². The van der Waals surface area contributed by atoms with Crippen LogP contribution in [-0.4, -0.2) is 22.2 Å². The summed E-state index contributed by atoms with van der Waals surface area (Å²) in [6.07, 6.45) is 5.47. The fraction of sp³-hybridized carbons (Fsp3) is 0.733. The van der Waals surface area contributed by atoms with Crippen molar-refractivity contribution in [2.45, 2.75) is 65.7 Å². The molecule has 1 atom stereocenters. The van der Waals surface area contributed by atoms with Gasteiger partial charge in [-0.1, -0.05) is 52.0 Å². The van der Waals surface area contributed by atoms with Crippen LogP contribution >= 0.6 is 0 Å². The topological polar surface area (TPSA) is 74.6 Å². The van der Waals surface area contributed by atoms with Gasteiger partial charge in [-0.05, 0) is 19.3 Å². The lowest BCUT2D eigenvalue weighted by molar-refractivity contribution is -0.144. The van der Waals surface area contributed by atoms with Crippen molar-refractivity contribution in [3.8, 4) is 0 Å². The molecule has 0 rings (SSSR count). The van der Waals surface area contributed by atoms with Crippen molar-refractivity contribution in [3.63, 3.8) is 0 Å². The van der Waals surface area contributed by atoms with Crippen LogP contribution in [0.3, 0.4) is 0 Å². The first kappa shape index (κ1) is 17.7. The second-order valence-corrected chi connectivity index (χ2v) is 4.77. The summed E-state index contributed by atoms with van der Waals surface area (Å²) >= 11 is 0. The second kappa shape index (κ2) is 9.59. The quantitative estimate of drug-likeness (QED) is 0.467. The lowest BCUT2D eigenvalue weighted by atomic mass is 9.87. The van der Waals surface area contributed by atoms with E-state index in [-0.39, 0.29) is 5.57 Å². The van der Waals surface area contributed by atoms with Crippen molar-refractivity contribution < 1.29 is 19.8 Å². The fourth-order valence-corrected chi connectivity index (χ4v) is 2.34. The molecule has 0 saturated carbocycles. The van der Waals surface area contributed by atoms with Gasteiger partial charge in [-0.3, -0.25) is 4.79 Å². The molecule has 0 amide bonds. The monoisotopic (exact) mass is 270 g/mol. The van der Waals surface area contributed by atoms with Crippen LogP contribution in [0.5, 0.6) is 0 Å². The largest absolute Gasteiger partial charge is 0.481 e. The number of unbranched alkanes of at least 4 members (excludes halogenated alkanes) is 3. The predicted molar refractivity (Wildman–Crippen MR) is 75.1 cm³/mol. The molecule has 2 N–H and O–H groups in total. The molecule has 0 aromatic rings. The minimum Gasteiger partial charge on any atom is -0.481 e. The zero-order chi connectivity index (χ0) is 14.8. The number of carboxylic acid groups (broad SMARTS) is 2. The Morgan fingerprint density at radius 3 is 1.89 bits per heavy atom. The molecule has 0 aliphatic rings. The lowest BCUT2D eigenvalue weighted by Gasteiger charge is -2.17. The Bertz CT molecular complexity index is 325. The summed E-state index contributed by atoms with van der Waals surface area (Å²) < 4.78 is 0. The van der Waals surface area contributed by atoms with E-state index in [0.29, 0.717) is 19.3 Å². The number of carbonyl (C=O) groups is 2. The Hall–Kier alpha value is -1.32. The Morgan fingerprint density at radius 1 is 0.947 bits per heavy atom. The highest BCUT2D eigenvalue weighted by Crippen LogP contribution is 2.26. The maximum Gasteiger partial charge on any atom is 0.332 e. The van der Waals surface area contributed by atoms with Gasteiger partial charge in [-0.25, -0.2) is 4.79 Å². The molecule has 0 aromatic carbocycles. The summed E-state index contributed by atoms with van der Waals surface area (Å²) in [5.41, 5.74) is 0.851. The molecule has 0 spiro atoms. The van der Waals surface area contributed by atoms with E-state index in [0.717, 1.165) is 31.3 Å². The van der Waals surface area contributed by atoms with Gasteiger partial charge in [0.05, 0.1) is 11.5 Å². The van der Waals surface area contributed by atoms with Crippen LogP contribution in [0.15, 0.2) is 11.1 Å². The molecular formula is C15H26O4. The average Bonchev–Trinajstić information content (AvgIpc) is 2.36. The van der Waals surface area contributed by atoms with Gasteiger partial charge in [0.1, 0.15) is 0 Å². The molecular weight excluding hydrogens is 244 g/mol. The standard InChI is InChI=1S/C15H26O4/c1-4-7-8-9-10-12(14(16)17)13(15(18)19)11(5-2)6-3/h12H,4-10H2,1-3H3,(H,16,17)(H,18,19). The zero-order valence-electron chi connectivity index (χ0n) is 12.2. The Morgan fingerprint density at radius 2 is 1.53 bits per heavy atom. The molecule has 110 valence electrons. The van der Waals surface area contributed by atoms with Gasteiger partial charge < -0.3 is 10.2 Å². The summed E-state index contributed by atoms with van der Waals surface area (Å²) in [6.45, 7) is 5.83. The van der Waals surface area contributed by atoms with Crippen LogP contribution < -0.4 is 0 Å². The molecule has 4 heteroatoms. The van der Waals surface area contributed by atoms with Gasteiger partial charge in [-0.2, -0.15) is 0 Å². The van der Waals surface area contributed by atoms with Crippen molar-refractivity contribution in [1.82, 2.24) is 0 Å². The molecule has 0 bridgehead atoms. The highest BCUT2D eigenvalue weighted by Gasteiger charge is 2.28. The molecule has 4 nitrogen and oxygen atoms in total. The maximum atomic E-state index is 11.4. The first-order valence-electron chi connectivity index (χ1n) is 7.17. The smallest absolute Gasteiger partial charge is 0.332 e. The van der Waals surface area contributed by atoms with Crippen LogP contribution in [0.2, 0.25) is 0 Å². The third-order valence-electron chi connectivity index (χ3n) is 3.46. The summed E-state index contributed by atoms with van der Waals surface area (Å²) in [5, 5.41) is 18.6. The first-order valence-corrected chi connectivity index (χ1v) is 7.17. The number of hydrogen-bond donors (Lipinski definition) is 2. The van der Waals surface area contributed by atoms with E-state index in [4.69, 9.17) is 0 Å². The van der Waals surface area contributed by atoms with Gasteiger partial charge in [0.2, 0.25) is 0 Å². The molecule has 0 radical (unpaired) electrons. The Balaban J connectivity index is 5.04. The fourth-order valence-electron chi connectivity index (χ4n) is 2.34. The van der Waals surface area contributed by atoms with Gasteiger partial charge in [0.15, 0.2) is 0 Å². The molecule has 19 heavy (non-hydrogen) atoms. The SMILES string of the molecule is CCCCCCC(C(=O)O)C(C(=O)O)=C(CC)CC. The maximum absolute atomic E-state index is 11.4. The molecule has 0 fully saturated rings. The highest BCUT2D eigenvalue weighted by atomic mass is 16.4. The van der Waals surface area contributed by atoms with Crippen molar-refractivity contribution in [2.75, 3.05) is 0 Å². The predicted octanol–water partition coefficient (Wildman–Crippen LogP) is 3.86. The summed E-state index contributed by atoms with van der Waals surface area (Å²) in [5.74, 6) is -2.97. The highest BCUT2D eigenvalue weighted by molar-refractivity contribution is 5.94. The van der Waals surface area contributed by atoms with Crippen LogP contribution in [0.25, 0.3) is 0 Å². The Kier molecular flexibility index (Phi) is 8.92. The van der Waals surface area contributed by atoms with Gasteiger partial charge in [0, 0.05) is 0 Å². The number of rotatable bonds is 10. The van der Waals surface area contributed by atoms with E-state index < -0.39 is 17.9 Å². The van der Waals surface area contributed by atoms with E-state index in [2.05, 4.69) is 6.92 Å². The number of hydrogen-bond acceptors (Lipinski definition) is 2. The van der Waals surface area contributed by atoms with Crippen molar-refractivity contribution in [2.24, 2.45) is 5.92 Å². The molecule has 0 heterocycles. The van der Waals surface area contributed by atoms with Crippen molar-refractivity contribution in [1.29, 1.82) is 0 Å². The zero-order valence-corrected chi connectivity index (χ0v) is 12.2. The molecule has 1 unspecified atom stereocenters. The molecule has 0 aliphatic heterocycles. The summed E-state index contributed by atoms with van der Waals surface area (Å²) in [6, 6.07) is 0. The van der Waals surface area contributed by atoms with Crippen molar-refractivity contribution >= 4 is 11.9 Å². The summed E-state index contributed by atoms with van der Waals surface area (Å²) in [4.78, 5) is 22.7. The lowest BCUT2D eigenvalue weighted by Crippen LogP contribution is -2.23. The second-order valence-electron chi connectivity index (χ2n) is 4.77. The molecule has 0 saturated heterocycles. The average molecular weight is 270 g/mol. The van der Waals surface area contributed by atoms with Crippen LogP contribution in [0.4, 0.5) is 0 Å². The third-order valence-corrected chi connectivity index (χ3v) is 3.46. The van der Waals surface area contributed by atoms with Crippen LogP contribution in [-0.2, 0) is 9.59 Å². The van der Waals surface area contributed by atoms with Gasteiger partial charge >= 0.3 is 11.9 Å². The molecule has 0 aromatic heterocycles. The van der Waals surface area contributed by atoms with E-state index in [1.165, 1.54) is 0 Å².